The van der Waals surface area contributed by atoms with Gasteiger partial charge in [-0.2, -0.15) is 0 Å². The average molecular weight is 798 g/mol. The Labute approximate surface area is 294 Å². The first-order valence-electron chi connectivity index (χ1n) is 15.5. The average Bonchev–Trinajstić information content (AvgIpc) is 3.12. The van der Waals surface area contributed by atoms with Crippen LogP contribution < -0.4 is 0 Å². The summed E-state index contributed by atoms with van der Waals surface area (Å²) in [5.41, 5.74) is 12.0. The van der Waals surface area contributed by atoms with Crippen molar-refractivity contribution < 1.29 is 20.1 Å². The first kappa shape index (κ1) is 32.5. The van der Waals surface area contributed by atoms with Crippen molar-refractivity contribution in [3.05, 3.63) is 163 Å². The van der Waals surface area contributed by atoms with E-state index in [1.165, 1.54) is 10.9 Å². The van der Waals surface area contributed by atoms with E-state index >= 15 is 0 Å². The zero-order chi connectivity index (χ0) is 32.2. The molecule has 235 valence electrons. The van der Waals surface area contributed by atoms with Crippen LogP contribution in [0.4, 0.5) is 0 Å². The Morgan fingerprint density at radius 3 is 2.10 bits per heavy atom. The van der Waals surface area contributed by atoms with Crippen molar-refractivity contribution in [1.29, 1.82) is 0 Å². The van der Waals surface area contributed by atoms with E-state index in [0.29, 0.717) is 0 Å². The molecule has 0 fully saturated rings. The third-order valence-corrected chi connectivity index (χ3v) is 7.94. The number of benzene rings is 4. The Morgan fingerprint density at radius 2 is 1.29 bits per heavy atom. The largest absolute Gasteiger partial charge is 0.305 e. The number of aromatic nitrogens is 5. The van der Waals surface area contributed by atoms with E-state index in [-0.39, 0.29) is 20.1 Å². The molecule has 0 aliphatic carbocycles. The molecular formula is C42H31IrN5-2. The number of rotatable bonds is 4. The fourth-order valence-corrected chi connectivity index (χ4v) is 5.62. The summed E-state index contributed by atoms with van der Waals surface area (Å²) >= 11 is 0. The molecule has 4 aromatic heterocycles. The van der Waals surface area contributed by atoms with Crippen LogP contribution in [0.2, 0.25) is 0 Å². The van der Waals surface area contributed by atoms with Crippen molar-refractivity contribution in [2.24, 2.45) is 0 Å². The molecule has 8 rings (SSSR count). The van der Waals surface area contributed by atoms with Crippen molar-refractivity contribution in [1.82, 2.24) is 24.9 Å². The van der Waals surface area contributed by atoms with Crippen molar-refractivity contribution in [3.63, 3.8) is 0 Å². The minimum atomic E-state index is 0. The Morgan fingerprint density at radius 1 is 0.500 bits per heavy atom. The van der Waals surface area contributed by atoms with Crippen LogP contribution in [0, 0.1) is 32.9 Å². The molecule has 0 amide bonds. The maximum atomic E-state index is 5.04. The van der Waals surface area contributed by atoms with E-state index in [9.17, 15) is 0 Å². The Balaban J connectivity index is 0.000000260. The van der Waals surface area contributed by atoms with Gasteiger partial charge in [-0.1, -0.05) is 53.1 Å². The molecule has 0 aliphatic rings. The molecule has 0 aliphatic heterocycles. The van der Waals surface area contributed by atoms with Crippen LogP contribution in [-0.2, 0) is 20.1 Å². The van der Waals surface area contributed by atoms with Gasteiger partial charge in [0.1, 0.15) is 0 Å². The number of pyridine rings is 3. The van der Waals surface area contributed by atoms with Gasteiger partial charge in [-0.25, -0.2) is 4.98 Å². The Hall–Kier alpha value is -5.42. The first-order valence-corrected chi connectivity index (χ1v) is 15.5. The van der Waals surface area contributed by atoms with Gasteiger partial charge in [0, 0.05) is 49.6 Å². The van der Waals surface area contributed by atoms with Crippen LogP contribution in [0.1, 0.15) is 16.7 Å². The molecule has 5 nitrogen and oxygen atoms in total. The summed E-state index contributed by atoms with van der Waals surface area (Å²) in [6.07, 6.45) is 9.17. The van der Waals surface area contributed by atoms with Crippen molar-refractivity contribution >= 4 is 21.7 Å². The molecule has 0 spiro atoms. The van der Waals surface area contributed by atoms with Crippen LogP contribution in [0.3, 0.4) is 0 Å². The molecule has 8 aromatic rings. The van der Waals surface area contributed by atoms with Gasteiger partial charge in [0.15, 0.2) is 0 Å². The minimum Gasteiger partial charge on any atom is -0.305 e. The Kier molecular flexibility index (Phi) is 9.86. The summed E-state index contributed by atoms with van der Waals surface area (Å²) in [7, 11) is 0. The molecule has 0 unspecified atom stereocenters. The zero-order valence-corrected chi connectivity index (χ0v) is 29.2. The molecule has 0 atom stereocenters. The summed E-state index contributed by atoms with van der Waals surface area (Å²) < 4.78 is 0. The van der Waals surface area contributed by atoms with Gasteiger partial charge >= 0.3 is 0 Å². The van der Waals surface area contributed by atoms with Gasteiger partial charge in [-0.3, -0.25) is 9.97 Å². The molecule has 0 N–H and O–H groups in total. The van der Waals surface area contributed by atoms with E-state index in [1.807, 2.05) is 79.3 Å². The first-order chi connectivity index (χ1) is 23.0. The van der Waals surface area contributed by atoms with Crippen LogP contribution in [0.15, 0.2) is 134 Å². The van der Waals surface area contributed by atoms with Gasteiger partial charge in [0.25, 0.3) is 0 Å². The fraction of sp³-hybridized carbons (Fsp3) is 0.0714. The molecule has 6 heteroatoms. The second-order valence-electron chi connectivity index (χ2n) is 11.5. The molecule has 0 bridgehead atoms. The summed E-state index contributed by atoms with van der Waals surface area (Å²) in [4.78, 5) is 23.1. The fourth-order valence-electron chi connectivity index (χ4n) is 5.62. The second-order valence-corrected chi connectivity index (χ2v) is 11.5. The number of fused-ring (bicyclic) bond motifs is 3. The van der Waals surface area contributed by atoms with Crippen molar-refractivity contribution in [3.8, 4) is 45.0 Å². The quantitative estimate of drug-likeness (QED) is 0.131. The van der Waals surface area contributed by atoms with Gasteiger partial charge in [0.05, 0.1) is 29.3 Å². The smallest absolute Gasteiger partial charge is 0.0899 e. The maximum absolute atomic E-state index is 5.04. The molecule has 48 heavy (non-hydrogen) atoms. The zero-order valence-electron chi connectivity index (χ0n) is 26.8. The van der Waals surface area contributed by atoms with Crippen molar-refractivity contribution in [2.45, 2.75) is 20.8 Å². The van der Waals surface area contributed by atoms with E-state index in [4.69, 9.17) is 9.97 Å². The topological polar surface area (TPSA) is 64.5 Å². The summed E-state index contributed by atoms with van der Waals surface area (Å²) in [6.45, 7) is 6.26. The number of nitrogens with zero attached hydrogens (tertiary/aromatic N) is 5. The SMILES string of the molecule is Cc1ccnc(-c2[c-]ccc(-c3cncc(-c4cc5ncc(C)cc5c5cc(C)ccc45)n3)c2)c1.[Ir].[c-]1ccccc1-c1ccccn1. The summed E-state index contributed by atoms with van der Waals surface area (Å²) in [5, 5.41) is 3.49. The predicted molar refractivity (Wildman–Crippen MR) is 190 cm³/mol. The molecule has 0 saturated carbocycles. The molecule has 4 aromatic carbocycles. The van der Waals surface area contributed by atoms with Crippen LogP contribution in [0.5, 0.6) is 0 Å². The Bertz CT molecular complexity index is 2300. The van der Waals surface area contributed by atoms with E-state index in [0.717, 1.165) is 72.4 Å². The molecule has 1 radical (unpaired) electrons. The normalized spacial score (nSPS) is 10.6. The minimum absolute atomic E-state index is 0. The number of aryl methyl sites for hydroxylation is 3. The van der Waals surface area contributed by atoms with E-state index in [2.05, 4.69) is 90.3 Å². The van der Waals surface area contributed by atoms with Crippen LogP contribution >= 0.6 is 0 Å². The molecule has 4 heterocycles. The predicted octanol–water partition coefficient (Wildman–Crippen LogP) is 9.85. The van der Waals surface area contributed by atoms with Gasteiger partial charge in [-0.05, 0) is 72.8 Å². The monoisotopic (exact) mass is 798 g/mol. The number of hydrogen-bond donors (Lipinski definition) is 0. The third kappa shape index (κ3) is 7.11. The molecular weight excluding hydrogens is 767 g/mol. The summed E-state index contributed by atoms with van der Waals surface area (Å²) in [5.74, 6) is 0. The van der Waals surface area contributed by atoms with Crippen LogP contribution in [-0.4, -0.2) is 24.9 Å². The van der Waals surface area contributed by atoms with Crippen molar-refractivity contribution in [2.75, 3.05) is 0 Å². The standard InChI is InChI=1S/C31H23N4.C11H8N.Ir/c1-19-7-8-24-25(11-19)26-12-21(3)16-34-29(26)15-27(24)31-18-32-17-30(35-31)23-6-4-5-22(14-23)28-13-20(2)9-10-33-28;1-2-6-10(7-3-1)11-8-4-5-9-12-11;/h4,6-18H,1-3H3;1-6,8-9H;/q2*-1;. The third-order valence-electron chi connectivity index (χ3n) is 7.94. The number of hydrogen-bond acceptors (Lipinski definition) is 5. The van der Waals surface area contributed by atoms with Gasteiger partial charge in [0.2, 0.25) is 0 Å². The maximum Gasteiger partial charge on any atom is 0.0899 e. The summed E-state index contributed by atoms with van der Waals surface area (Å²) in [6, 6.07) is 41.1. The van der Waals surface area contributed by atoms with Gasteiger partial charge in [-0.15, -0.1) is 65.7 Å². The van der Waals surface area contributed by atoms with Crippen LogP contribution in [0.25, 0.3) is 66.7 Å². The van der Waals surface area contributed by atoms with Gasteiger partial charge < -0.3 is 9.97 Å². The second kappa shape index (κ2) is 14.6. The molecule has 0 saturated heterocycles. The van der Waals surface area contributed by atoms with E-state index < -0.39 is 0 Å². The van der Waals surface area contributed by atoms with E-state index in [1.54, 1.807) is 12.4 Å².